The molecular weight excluding hydrogens is 254 g/mol. The topological polar surface area (TPSA) is 50.7 Å². The molecule has 0 fully saturated rings. The van der Waals surface area contributed by atoms with Gasteiger partial charge in [-0.3, -0.25) is 0 Å². The second-order valence-corrected chi connectivity index (χ2v) is 5.28. The fraction of sp³-hybridized carbons (Fsp3) is 0.625. The van der Waals surface area contributed by atoms with Gasteiger partial charge in [0, 0.05) is 11.6 Å². The number of nitrogens with one attached hydrogen (secondary N) is 1. The predicted octanol–water partition coefficient (Wildman–Crippen LogP) is 2.60. The van der Waals surface area contributed by atoms with Crippen LogP contribution in [0.4, 0.5) is 0 Å². The molecule has 1 atom stereocenters. The van der Waals surface area contributed by atoms with Crippen LogP contribution in [0.5, 0.6) is 11.5 Å². The first-order valence-corrected chi connectivity index (χ1v) is 7.26. The number of aliphatic hydroxyl groups is 1. The molecule has 0 bridgehead atoms. The van der Waals surface area contributed by atoms with Gasteiger partial charge in [-0.2, -0.15) is 0 Å². The average molecular weight is 281 g/mol. The van der Waals surface area contributed by atoms with Gasteiger partial charge in [-0.15, -0.1) is 0 Å². The minimum Gasteiger partial charge on any atom is -0.497 e. The zero-order valence-electron chi connectivity index (χ0n) is 12.8. The first kappa shape index (κ1) is 16.8. The van der Waals surface area contributed by atoms with Crippen molar-refractivity contribution in [2.45, 2.75) is 38.6 Å². The van der Waals surface area contributed by atoms with E-state index < -0.39 is 0 Å². The number of rotatable bonds is 10. The van der Waals surface area contributed by atoms with Gasteiger partial charge in [0.05, 0.1) is 20.3 Å². The van der Waals surface area contributed by atoms with Gasteiger partial charge >= 0.3 is 0 Å². The van der Waals surface area contributed by atoms with Crippen molar-refractivity contribution in [2.24, 2.45) is 0 Å². The maximum atomic E-state index is 9.48. The second-order valence-electron chi connectivity index (χ2n) is 5.28. The van der Waals surface area contributed by atoms with Crippen molar-refractivity contribution in [1.29, 1.82) is 0 Å². The molecule has 20 heavy (non-hydrogen) atoms. The summed E-state index contributed by atoms with van der Waals surface area (Å²) in [5.74, 6) is 1.61. The number of hydrogen-bond acceptors (Lipinski definition) is 4. The molecule has 0 saturated carbocycles. The third-order valence-corrected chi connectivity index (χ3v) is 3.33. The molecule has 0 aliphatic rings. The molecule has 0 radical (unpaired) electrons. The van der Waals surface area contributed by atoms with Crippen molar-refractivity contribution in [3.05, 3.63) is 24.3 Å². The SMILES string of the molecule is CCCNC(C)(CO)CCCOc1cccc(OC)c1. The molecule has 1 unspecified atom stereocenters. The standard InChI is InChI=1S/C16H27NO3/c1-4-10-17-16(2,13-18)9-6-11-20-15-8-5-7-14(12-15)19-3/h5,7-8,12,17-18H,4,6,9-11,13H2,1-3H3. The van der Waals surface area contributed by atoms with Gasteiger partial charge in [0.2, 0.25) is 0 Å². The van der Waals surface area contributed by atoms with Crippen LogP contribution in [0.15, 0.2) is 24.3 Å². The van der Waals surface area contributed by atoms with Crippen molar-refractivity contribution in [2.75, 3.05) is 26.9 Å². The van der Waals surface area contributed by atoms with E-state index in [1.807, 2.05) is 31.2 Å². The zero-order chi connectivity index (χ0) is 14.8. The molecule has 1 rings (SSSR count). The summed E-state index contributed by atoms with van der Waals surface area (Å²) < 4.78 is 10.9. The van der Waals surface area contributed by atoms with Crippen LogP contribution >= 0.6 is 0 Å². The summed E-state index contributed by atoms with van der Waals surface area (Å²) in [5.41, 5.74) is -0.215. The van der Waals surface area contributed by atoms with E-state index in [1.165, 1.54) is 0 Å². The molecule has 0 aromatic heterocycles. The molecule has 0 spiro atoms. The first-order chi connectivity index (χ1) is 9.63. The van der Waals surface area contributed by atoms with Crippen LogP contribution < -0.4 is 14.8 Å². The predicted molar refractivity (Wildman–Crippen MR) is 81.5 cm³/mol. The van der Waals surface area contributed by atoms with Crippen LogP contribution in [0.1, 0.15) is 33.1 Å². The molecule has 0 amide bonds. The van der Waals surface area contributed by atoms with Gasteiger partial charge in [0.1, 0.15) is 11.5 Å². The van der Waals surface area contributed by atoms with Gasteiger partial charge in [0.15, 0.2) is 0 Å². The summed E-state index contributed by atoms with van der Waals surface area (Å²) in [6, 6.07) is 7.60. The van der Waals surface area contributed by atoms with Gasteiger partial charge < -0.3 is 19.9 Å². The minimum absolute atomic E-state index is 0.145. The summed E-state index contributed by atoms with van der Waals surface area (Å²) in [7, 11) is 1.64. The Kier molecular flexibility index (Phi) is 7.41. The molecule has 0 aliphatic carbocycles. The summed E-state index contributed by atoms with van der Waals surface area (Å²) in [4.78, 5) is 0. The summed E-state index contributed by atoms with van der Waals surface area (Å²) in [6.45, 7) is 5.88. The Hall–Kier alpha value is -1.26. The fourth-order valence-electron chi connectivity index (χ4n) is 1.99. The van der Waals surface area contributed by atoms with Crippen molar-refractivity contribution >= 4 is 0 Å². The highest BCUT2D eigenvalue weighted by Gasteiger charge is 2.21. The number of aliphatic hydroxyl groups excluding tert-OH is 1. The van der Waals surface area contributed by atoms with Crippen molar-refractivity contribution in [1.82, 2.24) is 5.32 Å². The van der Waals surface area contributed by atoms with Crippen LogP contribution in [0.2, 0.25) is 0 Å². The molecule has 0 heterocycles. The Balaban J connectivity index is 2.32. The van der Waals surface area contributed by atoms with E-state index in [-0.39, 0.29) is 12.1 Å². The van der Waals surface area contributed by atoms with E-state index in [9.17, 15) is 5.11 Å². The number of methoxy groups -OCH3 is 1. The molecule has 4 heteroatoms. The molecule has 0 aliphatic heterocycles. The highest BCUT2D eigenvalue weighted by Crippen LogP contribution is 2.19. The lowest BCUT2D eigenvalue weighted by Gasteiger charge is -2.28. The summed E-state index contributed by atoms with van der Waals surface area (Å²) in [6.07, 6.45) is 2.84. The highest BCUT2D eigenvalue weighted by molar-refractivity contribution is 5.32. The average Bonchev–Trinajstić information content (AvgIpc) is 2.50. The largest absolute Gasteiger partial charge is 0.497 e. The number of ether oxygens (including phenoxy) is 2. The van der Waals surface area contributed by atoms with E-state index in [0.29, 0.717) is 6.61 Å². The first-order valence-electron chi connectivity index (χ1n) is 7.26. The number of hydrogen-bond donors (Lipinski definition) is 2. The van der Waals surface area contributed by atoms with E-state index in [1.54, 1.807) is 7.11 Å². The Labute approximate surface area is 122 Å². The monoisotopic (exact) mass is 281 g/mol. The fourth-order valence-corrected chi connectivity index (χ4v) is 1.99. The van der Waals surface area contributed by atoms with E-state index in [4.69, 9.17) is 9.47 Å². The van der Waals surface area contributed by atoms with Crippen molar-refractivity contribution in [3.8, 4) is 11.5 Å². The van der Waals surface area contributed by atoms with Crippen LogP contribution in [0.25, 0.3) is 0 Å². The Bertz CT molecular complexity index is 384. The van der Waals surface area contributed by atoms with E-state index in [0.717, 1.165) is 37.3 Å². The van der Waals surface area contributed by atoms with E-state index >= 15 is 0 Å². The molecular formula is C16H27NO3. The molecule has 1 aromatic rings. The van der Waals surface area contributed by atoms with Crippen LogP contribution in [0.3, 0.4) is 0 Å². The van der Waals surface area contributed by atoms with Gasteiger partial charge in [-0.25, -0.2) is 0 Å². The number of benzene rings is 1. The minimum atomic E-state index is -0.215. The van der Waals surface area contributed by atoms with Gasteiger partial charge in [-0.1, -0.05) is 13.0 Å². The second kappa shape index (κ2) is 8.82. The lowest BCUT2D eigenvalue weighted by atomic mass is 9.97. The summed E-state index contributed by atoms with van der Waals surface area (Å²) in [5, 5.41) is 12.9. The zero-order valence-corrected chi connectivity index (χ0v) is 12.8. The van der Waals surface area contributed by atoms with Gasteiger partial charge in [0.25, 0.3) is 0 Å². The van der Waals surface area contributed by atoms with Gasteiger partial charge in [-0.05, 0) is 44.9 Å². The maximum Gasteiger partial charge on any atom is 0.122 e. The molecule has 114 valence electrons. The quantitative estimate of drug-likeness (QED) is 0.647. The van der Waals surface area contributed by atoms with Crippen LogP contribution in [-0.2, 0) is 0 Å². The molecule has 2 N–H and O–H groups in total. The van der Waals surface area contributed by atoms with E-state index in [2.05, 4.69) is 12.2 Å². The lowest BCUT2D eigenvalue weighted by Crippen LogP contribution is -2.46. The third-order valence-electron chi connectivity index (χ3n) is 3.33. The normalized spacial score (nSPS) is 13.8. The van der Waals surface area contributed by atoms with Crippen molar-refractivity contribution < 1.29 is 14.6 Å². The van der Waals surface area contributed by atoms with Crippen LogP contribution in [-0.4, -0.2) is 37.5 Å². The smallest absolute Gasteiger partial charge is 0.122 e. The molecule has 1 aromatic carbocycles. The Morgan fingerprint density at radius 2 is 2.05 bits per heavy atom. The molecule has 0 saturated heterocycles. The molecule has 4 nitrogen and oxygen atoms in total. The maximum absolute atomic E-state index is 9.48. The summed E-state index contributed by atoms with van der Waals surface area (Å²) >= 11 is 0. The van der Waals surface area contributed by atoms with Crippen LogP contribution in [0, 0.1) is 0 Å². The highest BCUT2D eigenvalue weighted by atomic mass is 16.5. The Morgan fingerprint density at radius 3 is 2.70 bits per heavy atom. The lowest BCUT2D eigenvalue weighted by molar-refractivity contribution is 0.156. The van der Waals surface area contributed by atoms with Crippen molar-refractivity contribution in [3.63, 3.8) is 0 Å². The Morgan fingerprint density at radius 1 is 1.30 bits per heavy atom. The third kappa shape index (κ3) is 5.80.